The fourth-order valence-corrected chi connectivity index (χ4v) is 1.58. The molecule has 0 fully saturated rings. The van der Waals surface area contributed by atoms with Crippen molar-refractivity contribution in [2.45, 2.75) is 0 Å². The van der Waals surface area contributed by atoms with Gasteiger partial charge in [-0.3, -0.25) is 9.59 Å². The monoisotopic (exact) mass is 255 g/mol. The van der Waals surface area contributed by atoms with E-state index >= 15 is 0 Å². The maximum absolute atomic E-state index is 11.8. The Hall–Kier alpha value is -2.62. The summed E-state index contributed by atoms with van der Waals surface area (Å²) in [6.45, 7) is 0. The second-order valence-corrected chi connectivity index (χ2v) is 3.88. The molecule has 0 bridgehead atoms. The Bertz CT molecular complexity index is 576. The Morgan fingerprint density at radius 3 is 2.16 bits per heavy atom. The fourth-order valence-electron chi connectivity index (χ4n) is 1.58. The van der Waals surface area contributed by atoms with E-state index < -0.39 is 11.7 Å². The van der Waals surface area contributed by atoms with Crippen molar-refractivity contribution < 1.29 is 14.3 Å². The first-order valence-electron chi connectivity index (χ1n) is 5.75. The minimum atomic E-state index is -0.656. The van der Waals surface area contributed by atoms with E-state index in [1.54, 1.807) is 61.7 Å². The van der Waals surface area contributed by atoms with Crippen molar-refractivity contribution in [3.05, 3.63) is 60.2 Å². The Morgan fingerprint density at radius 1 is 0.947 bits per heavy atom. The summed E-state index contributed by atoms with van der Waals surface area (Å²) in [5, 5.41) is 2.55. The maximum Gasteiger partial charge on any atom is 0.296 e. The van der Waals surface area contributed by atoms with Crippen molar-refractivity contribution in [2.24, 2.45) is 0 Å². The summed E-state index contributed by atoms with van der Waals surface area (Å²) >= 11 is 0. The molecule has 0 saturated carbocycles. The molecule has 0 aliphatic heterocycles. The summed E-state index contributed by atoms with van der Waals surface area (Å²) in [6.07, 6.45) is 0. The molecule has 0 aromatic heterocycles. The van der Waals surface area contributed by atoms with Crippen LogP contribution in [0.4, 0.5) is 5.69 Å². The number of methoxy groups -OCH3 is 1. The summed E-state index contributed by atoms with van der Waals surface area (Å²) in [6, 6.07) is 15.2. The zero-order valence-corrected chi connectivity index (χ0v) is 10.4. The molecule has 4 nitrogen and oxygen atoms in total. The molecule has 2 aromatic rings. The largest absolute Gasteiger partial charge is 0.497 e. The number of nitrogens with one attached hydrogen (secondary N) is 1. The lowest BCUT2D eigenvalue weighted by Crippen LogP contribution is -2.22. The molecule has 0 unspecified atom stereocenters. The fraction of sp³-hybridized carbons (Fsp3) is 0.0667. The number of ketones is 1. The van der Waals surface area contributed by atoms with Crippen LogP contribution in [-0.4, -0.2) is 18.8 Å². The highest BCUT2D eigenvalue weighted by Crippen LogP contribution is 2.15. The normalized spacial score (nSPS) is 9.74. The van der Waals surface area contributed by atoms with Crippen molar-refractivity contribution in [1.82, 2.24) is 0 Å². The van der Waals surface area contributed by atoms with E-state index in [4.69, 9.17) is 4.74 Å². The minimum Gasteiger partial charge on any atom is -0.497 e. The molecule has 2 aromatic carbocycles. The molecule has 19 heavy (non-hydrogen) atoms. The highest BCUT2D eigenvalue weighted by Gasteiger charge is 2.15. The van der Waals surface area contributed by atoms with Crippen LogP contribution in [0.25, 0.3) is 0 Å². The lowest BCUT2D eigenvalue weighted by Gasteiger charge is -2.05. The van der Waals surface area contributed by atoms with E-state index in [9.17, 15) is 9.59 Å². The molecule has 1 amide bonds. The first-order valence-corrected chi connectivity index (χ1v) is 5.75. The number of Topliss-reactive ketones (excluding diaryl/α,β-unsaturated/α-hetero) is 1. The van der Waals surface area contributed by atoms with Crippen LogP contribution in [0.2, 0.25) is 0 Å². The van der Waals surface area contributed by atoms with Gasteiger partial charge in [0.15, 0.2) is 0 Å². The van der Waals surface area contributed by atoms with E-state index in [0.29, 0.717) is 17.0 Å². The summed E-state index contributed by atoms with van der Waals surface area (Å²) in [5.41, 5.74) is 0.920. The first-order chi connectivity index (χ1) is 9.20. The number of ether oxygens (including phenoxy) is 1. The van der Waals surface area contributed by atoms with Gasteiger partial charge in [-0.15, -0.1) is 0 Å². The number of rotatable bonds is 4. The van der Waals surface area contributed by atoms with Gasteiger partial charge in [-0.1, -0.05) is 30.3 Å². The Balaban J connectivity index is 2.06. The highest BCUT2D eigenvalue weighted by molar-refractivity contribution is 6.46. The van der Waals surface area contributed by atoms with Gasteiger partial charge in [0.25, 0.3) is 11.7 Å². The highest BCUT2D eigenvalue weighted by atomic mass is 16.5. The van der Waals surface area contributed by atoms with Crippen molar-refractivity contribution in [3.8, 4) is 5.75 Å². The van der Waals surface area contributed by atoms with Gasteiger partial charge in [-0.2, -0.15) is 0 Å². The predicted octanol–water partition coefficient (Wildman–Crippen LogP) is 2.52. The van der Waals surface area contributed by atoms with Crippen molar-refractivity contribution in [1.29, 1.82) is 0 Å². The van der Waals surface area contributed by atoms with Crippen LogP contribution in [0.15, 0.2) is 54.6 Å². The summed E-state index contributed by atoms with van der Waals surface area (Å²) in [5.74, 6) is -0.528. The Kier molecular flexibility index (Phi) is 3.93. The number of carbonyl (C=O) groups is 2. The number of hydrogen-bond donors (Lipinski definition) is 1. The third-order valence-corrected chi connectivity index (χ3v) is 2.59. The number of anilines is 1. The molecule has 96 valence electrons. The van der Waals surface area contributed by atoms with Crippen molar-refractivity contribution in [3.63, 3.8) is 0 Å². The average molecular weight is 255 g/mol. The van der Waals surface area contributed by atoms with Gasteiger partial charge in [-0.05, 0) is 24.3 Å². The predicted molar refractivity (Wildman–Crippen MR) is 72.4 cm³/mol. The lowest BCUT2D eigenvalue weighted by molar-refractivity contribution is -0.112. The first kappa shape index (κ1) is 12.8. The smallest absolute Gasteiger partial charge is 0.296 e. The van der Waals surface area contributed by atoms with Crippen molar-refractivity contribution >= 4 is 17.4 Å². The number of amides is 1. The molecule has 0 heterocycles. The second-order valence-electron chi connectivity index (χ2n) is 3.88. The van der Waals surface area contributed by atoms with Gasteiger partial charge < -0.3 is 10.1 Å². The summed E-state index contributed by atoms with van der Waals surface area (Å²) in [7, 11) is 1.56. The van der Waals surface area contributed by atoms with Gasteiger partial charge in [0.05, 0.1) is 7.11 Å². The van der Waals surface area contributed by atoms with Gasteiger partial charge in [0, 0.05) is 11.3 Å². The molecule has 4 heteroatoms. The Labute approximate surface area is 111 Å². The van der Waals surface area contributed by atoms with E-state index in [1.807, 2.05) is 0 Å². The average Bonchev–Trinajstić information content (AvgIpc) is 2.48. The van der Waals surface area contributed by atoms with Gasteiger partial charge in [0.2, 0.25) is 0 Å². The van der Waals surface area contributed by atoms with Gasteiger partial charge in [-0.25, -0.2) is 0 Å². The molecule has 0 spiro atoms. The number of carbonyl (C=O) groups excluding carboxylic acids is 2. The minimum absolute atomic E-state index is 0.369. The molecule has 0 radical (unpaired) electrons. The molecule has 0 atom stereocenters. The van der Waals surface area contributed by atoms with Crippen LogP contribution in [0.3, 0.4) is 0 Å². The molecule has 0 saturated heterocycles. The van der Waals surface area contributed by atoms with Crippen LogP contribution in [0.1, 0.15) is 10.4 Å². The molecule has 0 aliphatic carbocycles. The molecular formula is C15H13NO3. The Morgan fingerprint density at radius 2 is 1.58 bits per heavy atom. The standard InChI is InChI=1S/C15H13NO3/c1-19-13-9-7-12(8-10-13)16-15(18)14(17)11-5-3-2-4-6-11/h2-10H,1H3,(H,16,18). The molecule has 1 N–H and O–H groups in total. The quantitative estimate of drug-likeness (QED) is 0.674. The number of benzene rings is 2. The number of hydrogen-bond acceptors (Lipinski definition) is 3. The van der Waals surface area contributed by atoms with E-state index in [2.05, 4.69) is 5.32 Å². The topological polar surface area (TPSA) is 55.4 Å². The second kappa shape index (κ2) is 5.82. The zero-order chi connectivity index (χ0) is 13.7. The van der Waals surface area contributed by atoms with E-state index in [0.717, 1.165) is 0 Å². The molecule has 0 aliphatic rings. The third kappa shape index (κ3) is 3.19. The third-order valence-electron chi connectivity index (χ3n) is 2.59. The van der Waals surface area contributed by atoms with Crippen molar-refractivity contribution in [2.75, 3.05) is 12.4 Å². The SMILES string of the molecule is COc1ccc(NC(=O)C(=O)c2ccccc2)cc1. The van der Waals surface area contributed by atoms with Gasteiger partial charge >= 0.3 is 0 Å². The van der Waals surface area contributed by atoms with Crippen LogP contribution < -0.4 is 10.1 Å². The van der Waals surface area contributed by atoms with Crippen LogP contribution in [0, 0.1) is 0 Å². The van der Waals surface area contributed by atoms with E-state index in [-0.39, 0.29) is 0 Å². The van der Waals surface area contributed by atoms with Crippen LogP contribution in [-0.2, 0) is 4.79 Å². The molecule has 2 rings (SSSR count). The molecular weight excluding hydrogens is 242 g/mol. The van der Waals surface area contributed by atoms with E-state index in [1.165, 1.54) is 0 Å². The van der Waals surface area contributed by atoms with Crippen LogP contribution in [0.5, 0.6) is 5.75 Å². The van der Waals surface area contributed by atoms with Crippen LogP contribution >= 0.6 is 0 Å². The maximum atomic E-state index is 11.8. The van der Waals surface area contributed by atoms with Gasteiger partial charge in [0.1, 0.15) is 5.75 Å². The lowest BCUT2D eigenvalue weighted by atomic mass is 10.1. The zero-order valence-electron chi connectivity index (χ0n) is 10.4. The summed E-state index contributed by atoms with van der Waals surface area (Å²) in [4.78, 5) is 23.6. The summed E-state index contributed by atoms with van der Waals surface area (Å²) < 4.78 is 5.01.